The number of rotatable bonds is 4. The number of pyridine rings is 1. The SMILES string of the molecule is CCC1(C)c2cc(C(F)(F)F)cc3c4ccccc4[n+]4cc(Cc5ccccc5)n(c4c23)C1(C)CC. The number of fused-ring (bicyclic) bond motifs is 3. The number of halogens is 3. The first kappa shape index (κ1) is 23.1. The van der Waals surface area contributed by atoms with Crippen LogP contribution in [0.3, 0.4) is 0 Å². The van der Waals surface area contributed by atoms with E-state index in [9.17, 15) is 13.2 Å². The third-order valence-electron chi connectivity index (χ3n) is 9.05. The van der Waals surface area contributed by atoms with Crippen molar-refractivity contribution in [2.75, 3.05) is 0 Å². The zero-order valence-corrected chi connectivity index (χ0v) is 21.1. The molecule has 5 aromatic rings. The van der Waals surface area contributed by atoms with Gasteiger partial charge < -0.3 is 0 Å². The van der Waals surface area contributed by atoms with E-state index in [4.69, 9.17) is 0 Å². The molecular weight excluding hydrogens is 457 g/mol. The van der Waals surface area contributed by atoms with E-state index in [1.54, 1.807) is 0 Å². The van der Waals surface area contributed by atoms with Gasteiger partial charge in [-0.1, -0.05) is 69.3 Å². The largest absolute Gasteiger partial charge is 0.416 e. The number of imidazole rings is 1. The monoisotopic (exact) mass is 487 g/mol. The summed E-state index contributed by atoms with van der Waals surface area (Å²) in [6.45, 7) is 8.66. The lowest BCUT2D eigenvalue weighted by Gasteiger charge is -2.47. The first-order valence-corrected chi connectivity index (χ1v) is 12.7. The second kappa shape index (κ2) is 7.58. The lowest BCUT2D eigenvalue weighted by Crippen LogP contribution is -2.52. The van der Waals surface area contributed by atoms with Crippen molar-refractivity contribution in [3.8, 4) is 0 Å². The maximum Gasteiger partial charge on any atom is 0.416 e. The Balaban J connectivity index is 1.87. The summed E-state index contributed by atoms with van der Waals surface area (Å²) in [5, 5.41) is 2.47. The van der Waals surface area contributed by atoms with Crippen LogP contribution in [-0.2, 0) is 23.6 Å². The molecular formula is C31H30F3N2+. The summed E-state index contributed by atoms with van der Waals surface area (Å²) in [7, 11) is 0. The number of benzene rings is 3. The van der Waals surface area contributed by atoms with Gasteiger partial charge in [0.05, 0.1) is 10.9 Å². The minimum atomic E-state index is -4.41. The van der Waals surface area contributed by atoms with E-state index in [1.165, 1.54) is 23.4 Å². The van der Waals surface area contributed by atoms with Crippen LogP contribution in [0.5, 0.6) is 0 Å². The normalized spacial score (nSPS) is 21.8. The summed E-state index contributed by atoms with van der Waals surface area (Å²) in [5.74, 6) is 0. The number of para-hydroxylation sites is 1. The highest BCUT2D eigenvalue weighted by Gasteiger charge is 2.55. The molecule has 2 nitrogen and oxygen atoms in total. The maximum absolute atomic E-state index is 14.2. The van der Waals surface area contributed by atoms with Gasteiger partial charge in [0.2, 0.25) is 0 Å². The molecule has 0 saturated heterocycles. The predicted octanol–water partition coefficient (Wildman–Crippen LogP) is 7.95. The lowest BCUT2D eigenvalue weighted by molar-refractivity contribution is -0.480. The summed E-state index contributed by atoms with van der Waals surface area (Å²) in [4.78, 5) is 0. The zero-order valence-electron chi connectivity index (χ0n) is 21.1. The fourth-order valence-corrected chi connectivity index (χ4v) is 6.67. The number of hydrogen-bond donors (Lipinski definition) is 0. The summed E-state index contributed by atoms with van der Waals surface area (Å²) < 4.78 is 47.4. The van der Waals surface area contributed by atoms with Gasteiger partial charge in [-0.25, -0.2) is 4.57 Å². The van der Waals surface area contributed by atoms with Crippen LogP contribution in [0, 0.1) is 0 Å². The van der Waals surface area contributed by atoms with Crippen molar-refractivity contribution in [3.63, 3.8) is 0 Å². The van der Waals surface area contributed by atoms with Gasteiger partial charge in [0.1, 0.15) is 22.9 Å². The van der Waals surface area contributed by atoms with Crippen LogP contribution in [-0.4, -0.2) is 4.57 Å². The molecule has 2 atom stereocenters. The van der Waals surface area contributed by atoms with E-state index in [-0.39, 0.29) is 0 Å². The van der Waals surface area contributed by atoms with Crippen LogP contribution < -0.4 is 4.40 Å². The Bertz CT molecular complexity index is 1650. The number of alkyl halides is 3. The molecule has 1 aliphatic rings. The molecule has 0 saturated carbocycles. The van der Waals surface area contributed by atoms with Gasteiger partial charge in [0, 0.05) is 22.6 Å². The Morgan fingerprint density at radius 1 is 0.861 bits per heavy atom. The second-order valence-corrected chi connectivity index (χ2v) is 10.6. The van der Waals surface area contributed by atoms with Crippen molar-refractivity contribution < 1.29 is 17.6 Å². The van der Waals surface area contributed by atoms with Gasteiger partial charge in [0.15, 0.2) is 0 Å². The zero-order chi connectivity index (χ0) is 25.5. The number of hydrogen-bond acceptors (Lipinski definition) is 0. The summed E-state index contributed by atoms with van der Waals surface area (Å²) in [5.41, 5.74) is 3.65. The Hall–Kier alpha value is -3.34. The summed E-state index contributed by atoms with van der Waals surface area (Å²) in [6.07, 6.45) is 0.0796. The van der Waals surface area contributed by atoms with E-state index in [0.717, 1.165) is 46.8 Å². The van der Waals surface area contributed by atoms with E-state index in [1.807, 2.05) is 30.3 Å². The van der Waals surface area contributed by atoms with Gasteiger partial charge in [-0.05, 0) is 49.1 Å². The average Bonchev–Trinajstić information content (AvgIpc) is 3.26. The van der Waals surface area contributed by atoms with Gasteiger partial charge in [-0.15, -0.1) is 0 Å². The second-order valence-electron chi connectivity index (χ2n) is 10.6. The van der Waals surface area contributed by atoms with Gasteiger partial charge in [-0.3, -0.25) is 0 Å². The minimum absolute atomic E-state index is 0.410. The Morgan fingerprint density at radius 3 is 2.22 bits per heavy atom. The molecule has 6 rings (SSSR count). The van der Waals surface area contributed by atoms with Crippen LogP contribution in [0.4, 0.5) is 13.2 Å². The molecule has 0 radical (unpaired) electrons. The number of nitrogens with zero attached hydrogens (tertiary/aromatic N) is 2. The fourth-order valence-electron chi connectivity index (χ4n) is 6.67. The van der Waals surface area contributed by atoms with Crippen molar-refractivity contribution >= 4 is 27.3 Å². The average molecular weight is 488 g/mol. The lowest BCUT2D eigenvalue weighted by atomic mass is 9.61. The first-order valence-electron chi connectivity index (χ1n) is 12.7. The van der Waals surface area contributed by atoms with Gasteiger partial charge in [0.25, 0.3) is 5.65 Å². The van der Waals surface area contributed by atoms with Crippen molar-refractivity contribution in [1.82, 2.24) is 4.57 Å². The molecule has 0 amide bonds. The molecule has 2 unspecified atom stereocenters. The molecule has 3 aromatic carbocycles. The van der Waals surface area contributed by atoms with Crippen LogP contribution in [0.15, 0.2) is 72.9 Å². The quantitative estimate of drug-likeness (QED) is 0.180. The van der Waals surface area contributed by atoms with E-state index < -0.39 is 22.7 Å². The van der Waals surface area contributed by atoms with Crippen LogP contribution >= 0.6 is 0 Å². The highest BCUT2D eigenvalue weighted by molar-refractivity contribution is 6.11. The minimum Gasteiger partial charge on any atom is -0.220 e. The molecule has 5 heteroatoms. The van der Waals surface area contributed by atoms with Gasteiger partial charge >= 0.3 is 6.18 Å². The van der Waals surface area contributed by atoms with E-state index in [0.29, 0.717) is 5.39 Å². The highest BCUT2D eigenvalue weighted by atomic mass is 19.4. The standard InChI is InChI=1S/C31H30F3N2/c1-5-29(3)25-18-21(31(32,33)34)17-24-23-14-10-11-15-26(23)35-19-22(16-20-12-8-7-9-13-20)36(28(35)27(24)25)30(29,4)6-2/h7-15,17-19H,5-6,16H2,1-4H3/q+1. The Morgan fingerprint density at radius 2 is 1.56 bits per heavy atom. The van der Waals surface area contributed by atoms with E-state index in [2.05, 4.69) is 67.1 Å². The van der Waals surface area contributed by atoms with Gasteiger partial charge in [-0.2, -0.15) is 17.6 Å². The third kappa shape index (κ3) is 2.89. The summed E-state index contributed by atoms with van der Waals surface area (Å²) >= 11 is 0. The van der Waals surface area contributed by atoms with Crippen molar-refractivity contribution in [2.24, 2.45) is 0 Å². The highest BCUT2D eigenvalue weighted by Crippen LogP contribution is 2.54. The van der Waals surface area contributed by atoms with Crippen molar-refractivity contribution in [2.45, 2.75) is 64.1 Å². The molecule has 0 fully saturated rings. The van der Waals surface area contributed by atoms with Crippen molar-refractivity contribution in [1.29, 1.82) is 0 Å². The molecule has 3 heterocycles. The predicted molar refractivity (Wildman–Crippen MR) is 138 cm³/mol. The summed E-state index contributed by atoms with van der Waals surface area (Å²) in [6, 6.07) is 21.0. The Kier molecular flexibility index (Phi) is 4.86. The molecule has 36 heavy (non-hydrogen) atoms. The molecule has 0 bridgehead atoms. The van der Waals surface area contributed by atoms with E-state index >= 15 is 0 Å². The maximum atomic E-state index is 14.2. The van der Waals surface area contributed by atoms with Crippen LogP contribution in [0.2, 0.25) is 0 Å². The molecule has 0 N–H and O–H groups in total. The molecule has 0 spiro atoms. The molecule has 184 valence electrons. The smallest absolute Gasteiger partial charge is 0.220 e. The first-order chi connectivity index (χ1) is 17.1. The molecule has 0 aliphatic carbocycles. The number of aromatic nitrogens is 2. The van der Waals surface area contributed by atoms with Crippen molar-refractivity contribution in [3.05, 3.63) is 95.3 Å². The van der Waals surface area contributed by atoms with Crippen LogP contribution in [0.1, 0.15) is 62.9 Å². The molecule has 2 aromatic heterocycles. The Labute approximate surface area is 209 Å². The molecule has 1 aliphatic heterocycles. The third-order valence-corrected chi connectivity index (χ3v) is 9.05. The van der Waals surface area contributed by atoms with Crippen LogP contribution in [0.25, 0.3) is 27.3 Å². The fraction of sp³-hybridized carbons (Fsp3) is 0.323. The topological polar surface area (TPSA) is 9.03 Å².